The van der Waals surface area contributed by atoms with E-state index in [9.17, 15) is 0 Å². The molecule has 0 atom stereocenters. The zero-order valence-electron chi connectivity index (χ0n) is 14.0. The number of ether oxygens (including phenoxy) is 1. The lowest BCUT2D eigenvalue weighted by Gasteiger charge is -2.29. The number of likely N-dealkylation sites (tertiary alicyclic amines) is 1. The van der Waals surface area contributed by atoms with Crippen LogP contribution < -0.4 is 10.1 Å². The number of hydrogen-bond donors (Lipinski definition) is 1. The number of likely N-dealkylation sites (N-methyl/N-ethyl adjacent to an activating group) is 1. The van der Waals surface area contributed by atoms with Crippen molar-refractivity contribution in [1.29, 1.82) is 0 Å². The van der Waals surface area contributed by atoms with Gasteiger partial charge >= 0.3 is 0 Å². The molecule has 128 valence electrons. The van der Waals surface area contributed by atoms with Gasteiger partial charge in [-0.1, -0.05) is 12.1 Å². The number of aliphatic imine (C=N–C) groups is 1. The highest BCUT2D eigenvalue weighted by molar-refractivity contribution is 14.0. The third-order valence-electron chi connectivity index (χ3n) is 4.40. The van der Waals surface area contributed by atoms with Crippen molar-refractivity contribution in [3.05, 3.63) is 29.8 Å². The molecule has 5 nitrogen and oxygen atoms in total. The van der Waals surface area contributed by atoms with Crippen molar-refractivity contribution in [2.75, 3.05) is 40.3 Å². The van der Waals surface area contributed by atoms with E-state index < -0.39 is 0 Å². The van der Waals surface area contributed by atoms with Crippen molar-refractivity contribution in [3.63, 3.8) is 0 Å². The van der Waals surface area contributed by atoms with Crippen molar-refractivity contribution in [3.8, 4) is 5.75 Å². The number of rotatable bonds is 4. The zero-order valence-corrected chi connectivity index (χ0v) is 16.3. The Kier molecular flexibility index (Phi) is 6.95. The molecule has 2 heterocycles. The SMILES string of the molecule is CN1CCC(Oc2ccc(CNC3=NCCN3C)cc2)CC1.I. The molecule has 1 N–H and O–H groups in total. The third-order valence-corrected chi connectivity index (χ3v) is 4.40. The highest BCUT2D eigenvalue weighted by Crippen LogP contribution is 2.19. The Morgan fingerprint density at radius 3 is 2.43 bits per heavy atom. The average molecular weight is 430 g/mol. The van der Waals surface area contributed by atoms with E-state index in [2.05, 4.69) is 58.5 Å². The predicted molar refractivity (Wildman–Crippen MR) is 105 cm³/mol. The Labute approximate surface area is 156 Å². The largest absolute Gasteiger partial charge is 0.490 e. The van der Waals surface area contributed by atoms with Crippen LogP contribution in [0, 0.1) is 0 Å². The van der Waals surface area contributed by atoms with E-state index >= 15 is 0 Å². The van der Waals surface area contributed by atoms with Gasteiger partial charge in [0.25, 0.3) is 0 Å². The fourth-order valence-electron chi connectivity index (χ4n) is 2.89. The summed E-state index contributed by atoms with van der Waals surface area (Å²) in [7, 11) is 4.24. The van der Waals surface area contributed by atoms with Gasteiger partial charge in [0, 0.05) is 33.2 Å². The van der Waals surface area contributed by atoms with Gasteiger partial charge in [0.1, 0.15) is 11.9 Å². The van der Waals surface area contributed by atoms with Gasteiger partial charge in [-0.2, -0.15) is 0 Å². The molecule has 0 aliphatic carbocycles. The van der Waals surface area contributed by atoms with Gasteiger partial charge in [-0.15, -0.1) is 24.0 Å². The van der Waals surface area contributed by atoms with Crippen LogP contribution in [0.5, 0.6) is 5.75 Å². The molecular formula is C17H27IN4O. The summed E-state index contributed by atoms with van der Waals surface area (Å²) in [6, 6.07) is 8.42. The van der Waals surface area contributed by atoms with E-state index in [0.717, 1.165) is 57.3 Å². The number of hydrogen-bond acceptors (Lipinski definition) is 5. The van der Waals surface area contributed by atoms with Gasteiger partial charge in [-0.3, -0.25) is 4.99 Å². The quantitative estimate of drug-likeness (QED) is 0.744. The summed E-state index contributed by atoms with van der Waals surface area (Å²) >= 11 is 0. The second-order valence-electron chi connectivity index (χ2n) is 6.24. The number of nitrogens with zero attached hydrogens (tertiary/aromatic N) is 3. The lowest BCUT2D eigenvalue weighted by atomic mass is 10.1. The van der Waals surface area contributed by atoms with Crippen molar-refractivity contribution >= 4 is 29.9 Å². The molecular weight excluding hydrogens is 403 g/mol. The normalized spacial score (nSPS) is 19.2. The molecule has 23 heavy (non-hydrogen) atoms. The number of benzene rings is 1. The first-order valence-electron chi connectivity index (χ1n) is 8.14. The van der Waals surface area contributed by atoms with E-state index in [4.69, 9.17) is 4.74 Å². The van der Waals surface area contributed by atoms with Crippen molar-refractivity contribution < 1.29 is 4.74 Å². The van der Waals surface area contributed by atoms with Gasteiger partial charge in [0.05, 0.1) is 6.54 Å². The Bertz CT molecular complexity index is 512. The summed E-state index contributed by atoms with van der Waals surface area (Å²) in [5.41, 5.74) is 1.25. The van der Waals surface area contributed by atoms with Crippen LogP contribution in [0.1, 0.15) is 18.4 Å². The monoisotopic (exact) mass is 430 g/mol. The zero-order chi connectivity index (χ0) is 15.4. The smallest absolute Gasteiger partial charge is 0.194 e. The first-order valence-corrected chi connectivity index (χ1v) is 8.14. The van der Waals surface area contributed by atoms with E-state index in [0.29, 0.717) is 6.10 Å². The highest BCUT2D eigenvalue weighted by atomic mass is 127. The minimum atomic E-state index is 0. The minimum Gasteiger partial charge on any atom is -0.490 e. The maximum absolute atomic E-state index is 6.07. The Morgan fingerprint density at radius 1 is 1.13 bits per heavy atom. The second-order valence-corrected chi connectivity index (χ2v) is 6.24. The summed E-state index contributed by atoms with van der Waals surface area (Å²) in [6.45, 7) is 4.95. The summed E-state index contributed by atoms with van der Waals surface area (Å²) in [5.74, 6) is 1.97. The summed E-state index contributed by atoms with van der Waals surface area (Å²) in [6.07, 6.45) is 2.60. The fourth-order valence-corrected chi connectivity index (χ4v) is 2.89. The molecule has 1 saturated heterocycles. The van der Waals surface area contributed by atoms with Crippen molar-refractivity contribution in [2.24, 2.45) is 4.99 Å². The lowest BCUT2D eigenvalue weighted by molar-refractivity contribution is 0.114. The summed E-state index contributed by atoms with van der Waals surface area (Å²) in [5, 5.41) is 3.38. The molecule has 0 spiro atoms. The fraction of sp³-hybridized carbons (Fsp3) is 0.588. The molecule has 6 heteroatoms. The highest BCUT2D eigenvalue weighted by Gasteiger charge is 2.18. The van der Waals surface area contributed by atoms with Crippen LogP contribution in [0.15, 0.2) is 29.3 Å². The summed E-state index contributed by atoms with van der Waals surface area (Å²) in [4.78, 5) is 8.94. The number of halogens is 1. The lowest BCUT2D eigenvalue weighted by Crippen LogP contribution is -2.35. The first-order chi connectivity index (χ1) is 10.7. The van der Waals surface area contributed by atoms with Crippen molar-refractivity contribution in [2.45, 2.75) is 25.5 Å². The van der Waals surface area contributed by atoms with Gasteiger partial charge in [0.15, 0.2) is 5.96 Å². The third kappa shape index (κ3) is 5.24. The summed E-state index contributed by atoms with van der Waals surface area (Å²) < 4.78 is 6.07. The molecule has 1 fully saturated rings. The van der Waals surface area contributed by atoms with Crippen LogP contribution in [0.3, 0.4) is 0 Å². The molecule has 0 bridgehead atoms. The minimum absolute atomic E-state index is 0. The Balaban J connectivity index is 0.00000192. The number of guanidine groups is 1. The van der Waals surface area contributed by atoms with Crippen LogP contribution in [-0.4, -0.2) is 62.1 Å². The van der Waals surface area contributed by atoms with Crippen LogP contribution in [0.25, 0.3) is 0 Å². The van der Waals surface area contributed by atoms with Crippen LogP contribution in [0.4, 0.5) is 0 Å². The van der Waals surface area contributed by atoms with Crippen LogP contribution in [0.2, 0.25) is 0 Å². The molecule has 0 saturated carbocycles. The van der Waals surface area contributed by atoms with Gasteiger partial charge in [-0.25, -0.2) is 0 Å². The van der Waals surface area contributed by atoms with E-state index in [-0.39, 0.29) is 24.0 Å². The standard InChI is InChI=1S/C17H26N4O.HI/c1-20-10-7-16(8-11-20)22-15-5-3-14(4-6-15)13-19-17-18-9-12-21(17)2;/h3-6,16H,7-13H2,1-2H3,(H,18,19);1H. The molecule has 0 radical (unpaired) electrons. The number of nitrogens with one attached hydrogen (secondary N) is 1. The van der Waals surface area contributed by atoms with Gasteiger partial charge in [0.2, 0.25) is 0 Å². The van der Waals surface area contributed by atoms with E-state index in [1.165, 1.54) is 5.56 Å². The predicted octanol–water partition coefficient (Wildman–Crippen LogP) is 2.17. The van der Waals surface area contributed by atoms with Crippen molar-refractivity contribution in [1.82, 2.24) is 15.1 Å². The maximum Gasteiger partial charge on any atom is 0.194 e. The van der Waals surface area contributed by atoms with Crippen LogP contribution >= 0.6 is 24.0 Å². The molecule has 0 aromatic heterocycles. The van der Waals surface area contributed by atoms with Gasteiger partial charge in [-0.05, 0) is 37.6 Å². The molecule has 0 amide bonds. The maximum atomic E-state index is 6.07. The van der Waals surface area contributed by atoms with Crippen LogP contribution in [-0.2, 0) is 6.54 Å². The number of piperidine rings is 1. The van der Waals surface area contributed by atoms with E-state index in [1.54, 1.807) is 0 Å². The molecule has 2 aliphatic rings. The van der Waals surface area contributed by atoms with Gasteiger partial charge < -0.3 is 19.9 Å². The topological polar surface area (TPSA) is 40.1 Å². The Hall–Kier alpha value is -1.02. The average Bonchev–Trinajstić information content (AvgIpc) is 2.94. The molecule has 0 unspecified atom stereocenters. The second kappa shape index (κ2) is 8.73. The molecule has 2 aliphatic heterocycles. The Morgan fingerprint density at radius 2 is 1.83 bits per heavy atom. The first kappa shape index (κ1) is 18.3. The molecule has 1 aromatic carbocycles. The molecule has 3 rings (SSSR count). The molecule has 1 aromatic rings. The van der Waals surface area contributed by atoms with E-state index in [1.807, 2.05) is 0 Å².